The highest BCUT2D eigenvalue weighted by atomic mass is 79.9. The Kier molecular flexibility index (Phi) is 6.45. The number of carbonyl (C=O) groups is 1. The van der Waals surface area contributed by atoms with Crippen molar-refractivity contribution < 1.29 is 18.0 Å². The number of hydrogen-bond donors (Lipinski definition) is 2. The van der Waals surface area contributed by atoms with E-state index in [0.717, 1.165) is 21.8 Å². The zero-order chi connectivity index (χ0) is 21.2. The molecule has 154 valence electrons. The van der Waals surface area contributed by atoms with Crippen LogP contribution in [0.5, 0.6) is 0 Å². The van der Waals surface area contributed by atoms with Gasteiger partial charge in [0, 0.05) is 30.6 Å². The summed E-state index contributed by atoms with van der Waals surface area (Å²) in [5.41, 5.74) is 6.75. The van der Waals surface area contributed by atoms with Gasteiger partial charge >= 0.3 is 6.18 Å². The first-order valence-electron chi connectivity index (χ1n) is 8.63. The molecule has 5 nitrogen and oxygen atoms in total. The van der Waals surface area contributed by atoms with Crippen LogP contribution < -0.4 is 11.1 Å². The highest BCUT2D eigenvalue weighted by Crippen LogP contribution is 2.33. The van der Waals surface area contributed by atoms with Gasteiger partial charge in [0.2, 0.25) is 0 Å². The van der Waals surface area contributed by atoms with Gasteiger partial charge in [-0.05, 0) is 40.0 Å². The van der Waals surface area contributed by atoms with E-state index >= 15 is 0 Å². The van der Waals surface area contributed by atoms with E-state index in [1.807, 2.05) is 5.38 Å². The summed E-state index contributed by atoms with van der Waals surface area (Å²) in [5, 5.41) is 8.72. The van der Waals surface area contributed by atoms with Crippen LogP contribution in [0, 0.1) is 0 Å². The summed E-state index contributed by atoms with van der Waals surface area (Å²) in [6.45, 7) is 0.0173. The second-order valence-corrected chi connectivity index (χ2v) is 8.20. The summed E-state index contributed by atoms with van der Waals surface area (Å²) in [5.74, 6) is -0.375. The van der Waals surface area contributed by atoms with Gasteiger partial charge in [-0.15, -0.1) is 11.3 Å². The lowest BCUT2D eigenvalue weighted by Crippen LogP contribution is -2.41. The van der Waals surface area contributed by atoms with E-state index < -0.39 is 17.8 Å². The maximum absolute atomic E-state index is 13.2. The highest BCUT2D eigenvalue weighted by Gasteiger charge is 2.33. The number of carbonyl (C=O) groups excluding carboxylic acids is 1. The van der Waals surface area contributed by atoms with Crippen molar-refractivity contribution in [2.45, 2.75) is 18.6 Å². The lowest BCUT2D eigenvalue weighted by Gasteiger charge is -2.19. The Morgan fingerprint density at radius 1 is 1.38 bits per heavy atom. The Labute approximate surface area is 177 Å². The van der Waals surface area contributed by atoms with Gasteiger partial charge in [-0.3, -0.25) is 9.48 Å². The average Bonchev–Trinajstić information content (AvgIpc) is 3.27. The minimum absolute atomic E-state index is 0.0105. The fourth-order valence-corrected chi connectivity index (χ4v) is 4.38. The summed E-state index contributed by atoms with van der Waals surface area (Å²) in [4.78, 5) is 13.1. The average molecular weight is 487 g/mol. The Bertz CT molecular complexity index is 996. The van der Waals surface area contributed by atoms with Crippen LogP contribution in [0.3, 0.4) is 0 Å². The molecule has 29 heavy (non-hydrogen) atoms. The molecule has 1 amide bonds. The van der Waals surface area contributed by atoms with Gasteiger partial charge in [-0.25, -0.2) is 0 Å². The standard InChI is InChI=1S/C19H18BrF3N4OS/c1-27-17(15(20)9-25-27)12-7-16(29-10-12)18(28)26-13(8-24)6-11-4-2-3-5-14(11)19(21,22)23/h2-5,7,9-10,13H,6,8,24H2,1H3,(H,26,28)/t13-/m0/s1. The molecule has 0 saturated carbocycles. The normalized spacial score (nSPS) is 12.8. The number of aromatic nitrogens is 2. The van der Waals surface area contributed by atoms with E-state index in [-0.39, 0.29) is 24.4 Å². The van der Waals surface area contributed by atoms with Crippen molar-refractivity contribution in [1.82, 2.24) is 15.1 Å². The molecule has 0 aliphatic rings. The van der Waals surface area contributed by atoms with Crippen LogP contribution in [-0.2, 0) is 19.6 Å². The molecule has 0 saturated heterocycles. The number of alkyl halides is 3. The first kappa shape index (κ1) is 21.5. The molecule has 0 bridgehead atoms. The molecule has 0 fully saturated rings. The van der Waals surface area contributed by atoms with Crippen molar-refractivity contribution in [1.29, 1.82) is 0 Å². The molecule has 3 N–H and O–H groups in total. The molecule has 3 rings (SSSR count). The van der Waals surface area contributed by atoms with Crippen LogP contribution in [0.1, 0.15) is 20.8 Å². The topological polar surface area (TPSA) is 72.9 Å². The molecular formula is C19H18BrF3N4OS. The van der Waals surface area contributed by atoms with Crippen molar-refractivity contribution in [3.8, 4) is 11.3 Å². The summed E-state index contributed by atoms with van der Waals surface area (Å²) in [6, 6.07) is 6.41. The second kappa shape index (κ2) is 8.68. The number of amides is 1. The fourth-order valence-electron chi connectivity index (χ4n) is 3.01. The summed E-state index contributed by atoms with van der Waals surface area (Å²) >= 11 is 4.67. The Balaban J connectivity index is 1.75. The predicted octanol–water partition coefficient (Wildman–Crippen LogP) is 4.23. The highest BCUT2D eigenvalue weighted by molar-refractivity contribution is 9.10. The number of nitrogens with zero attached hydrogens (tertiary/aromatic N) is 2. The van der Waals surface area contributed by atoms with E-state index in [1.54, 1.807) is 24.0 Å². The fraction of sp³-hybridized carbons (Fsp3) is 0.263. The maximum atomic E-state index is 13.2. The number of thiophene rings is 1. The first-order valence-corrected chi connectivity index (χ1v) is 10.3. The number of aryl methyl sites for hydroxylation is 1. The van der Waals surface area contributed by atoms with Crippen LogP contribution in [-0.4, -0.2) is 28.3 Å². The van der Waals surface area contributed by atoms with Crippen LogP contribution in [0.15, 0.2) is 46.4 Å². The van der Waals surface area contributed by atoms with Crippen molar-refractivity contribution >= 4 is 33.2 Å². The third-order valence-electron chi connectivity index (χ3n) is 4.40. The summed E-state index contributed by atoms with van der Waals surface area (Å²) < 4.78 is 42.1. The molecule has 2 heterocycles. The number of nitrogens with one attached hydrogen (secondary N) is 1. The van der Waals surface area contributed by atoms with E-state index in [4.69, 9.17) is 5.73 Å². The van der Waals surface area contributed by atoms with E-state index in [0.29, 0.717) is 4.88 Å². The molecule has 0 spiro atoms. The SMILES string of the molecule is Cn1ncc(Br)c1-c1csc(C(=O)N[C@H](CN)Cc2ccccc2C(F)(F)F)c1. The molecule has 3 aromatic rings. The number of benzene rings is 1. The van der Waals surface area contributed by atoms with Crippen LogP contribution >= 0.6 is 27.3 Å². The summed E-state index contributed by atoms with van der Waals surface area (Å²) in [7, 11) is 1.79. The minimum Gasteiger partial charge on any atom is -0.347 e. The Morgan fingerprint density at radius 3 is 2.72 bits per heavy atom. The molecule has 0 unspecified atom stereocenters. The molecule has 0 radical (unpaired) electrons. The van der Waals surface area contributed by atoms with Crippen molar-refractivity contribution in [3.63, 3.8) is 0 Å². The van der Waals surface area contributed by atoms with Crippen LogP contribution in [0.25, 0.3) is 11.3 Å². The van der Waals surface area contributed by atoms with Gasteiger partial charge < -0.3 is 11.1 Å². The zero-order valence-electron chi connectivity index (χ0n) is 15.3. The first-order chi connectivity index (χ1) is 13.7. The summed E-state index contributed by atoms with van der Waals surface area (Å²) in [6.07, 6.45) is -2.81. The smallest absolute Gasteiger partial charge is 0.347 e. The number of rotatable bonds is 6. The number of hydrogen-bond acceptors (Lipinski definition) is 4. The van der Waals surface area contributed by atoms with E-state index in [1.165, 1.54) is 29.5 Å². The predicted molar refractivity (Wildman–Crippen MR) is 110 cm³/mol. The largest absolute Gasteiger partial charge is 0.416 e. The van der Waals surface area contributed by atoms with E-state index in [9.17, 15) is 18.0 Å². The number of halogens is 4. The molecule has 2 aromatic heterocycles. The quantitative estimate of drug-likeness (QED) is 0.547. The molecular weight excluding hydrogens is 469 g/mol. The van der Waals surface area contributed by atoms with Gasteiger partial charge in [-0.2, -0.15) is 18.3 Å². The maximum Gasteiger partial charge on any atom is 0.416 e. The van der Waals surface area contributed by atoms with Gasteiger partial charge in [0.05, 0.1) is 26.8 Å². The van der Waals surface area contributed by atoms with Crippen molar-refractivity contribution in [3.05, 3.63) is 62.4 Å². The van der Waals surface area contributed by atoms with Gasteiger partial charge in [0.1, 0.15) is 0 Å². The molecule has 10 heteroatoms. The molecule has 0 aliphatic carbocycles. The van der Waals surface area contributed by atoms with Gasteiger partial charge in [-0.1, -0.05) is 18.2 Å². The van der Waals surface area contributed by atoms with Gasteiger partial charge in [0.25, 0.3) is 5.91 Å². The monoisotopic (exact) mass is 486 g/mol. The Hall–Kier alpha value is -2.17. The number of nitrogens with two attached hydrogens (primary N) is 1. The molecule has 1 atom stereocenters. The van der Waals surface area contributed by atoms with Crippen LogP contribution in [0.4, 0.5) is 13.2 Å². The van der Waals surface area contributed by atoms with Crippen molar-refractivity contribution in [2.24, 2.45) is 12.8 Å². The van der Waals surface area contributed by atoms with Crippen LogP contribution in [0.2, 0.25) is 0 Å². The van der Waals surface area contributed by atoms with E-state index in [2.05, 4.69) is 26.3 Å². The third-order valence-corrected chi connectivity index (χ3v) is 5.91. The van der Waals surface area contributed by atoms with Crippen molar-refractivity contribution in [2.75, 3.05) is 6.54 Å². The molecule has 1 aromatic carbocycles. The lowest BCUT2D eigenvalue weighted by atomic mass is 9.99. The minimum atomic E-state index is -4.46. The lowest BCUT2D eigenvalue weighted by molar-refractivity contribution is -0.138. The zero-order valence-corrected chi connectivity index (χ0v) is 17.7. The third kappa shape index (κ3) is 4.88. The molecule has 0 aliphatic heterocycles. The van der Waals surface area contributed by atoms with Gasteiger partial charge in [0.15, 0.2) is 0 Å². The second-order valence-electron chi connectivity index (χ2n) is 6.43. The Morgan fingerprint density at radius 2 is 2.10 bits per heavy atom.